The van der Waals surface area contributed by atoms with E-state index in [9.17, 15) is 17.6 Å². The summed E-state index contributed by atoms with van der Waals surface area (Å²) in [5, 5.41) is 0. The summed E-state index contributed by atoms with van der Waals surface area (Å²) in [7, 11) is -3.57. The number of carbonyl (C=O) groups excluding carboxylic acids is 1. The van der Waals surface area contributed by atoms with Crippen LogP contribution in [0.2, 0.25) is 0 Å². The lowest BCUT2D eigenvalue weighted by Crippen LogP contribution is -2.13. The first-order valence-corrected chi connectivity index (χ1v) is 11.9. The van der Waals surface area contributed by atoms with Crippen LogP contribution in [0, 0.1) is 12.7 Å². The fraction of sp³-hybridized carbons (Fsp3) is 0.391. The van der Waals surface area contributed by atoms with Gasteiger partial charge in [0.2, 0.25) is 10.0 Å². The van der Waals surface area contributed by atoms with Crippen LogP contribution in [-0.4, -0.2) is 25.4 Å². The molecule has 1 atom stereocenters. The molecule has 0 radical (unpaired) electrons. The molecule has 162 valence electrons. The Morgan fingerprint density at radius 3 is 2.63 bits per heavy atom. The van der Waals surface area contributed by atoms with Gasteiger partial charge in [0.05, 0.1) is 17.6 Å². The zero-order valence-electron chi connectivity index (χ0n) is 17.9. The molecule has 0 saturated carbocycles. The van der Waals surface area contributed by atoms with E-state index in [-0.39, 0.29) is 11.5 Å². The average Bonchev–Trinajstić information content (AvgIpc) is 2.67. The number of Topliss-reactive ketones (excluding diaryl/α,β-unsaturated/α-hetero) is 1. The number of allylic oxidation sites excluding steroid dienone is 1. The van der Waals surface area contributed by atoms with Crippen LogP contribution in [0.3, 0.4) is 0 Å². The molecule has 0 bridgehead atoms. The van der Waals surface area contributed by atoms with Gasteiger partial charge >= 0.3 is 0 Å². The van der Waals surface area contributed by atoms with Crippen molar-refractivity contribution in [1.82, 2.24) is 4.98 Å². The Labute approximate surface area is 178 Å². The number of aryl methyl sites for hydroxylation is 2. The van der Waals surface area contributed by atoms with Gasteiger partial charge in [-0.2, -0.15) is 0 Å². The van der Waals surface area contributed by atoms with Gasteiger partial charge in [-0.25, -0.2) is 12.8 Å². The molecule has 0 aliphatic carbocycles. The molecule has 5 nitrogen and oxygen atoms in total. The third-order valence-electron chi connectivity index (χ3n) is 4.79. The molecule has 0 aliphatic heterocycles. The highest BCUT2D eigenvalue weighted by Gasteiger charge is 2.18. The van der Waals surface area contributed by atoms with Crippen LogP contribution in [0.15, 0.2) is 36.4 Å². The molecular weight excluding hydrogens is 403 g/mol. The monoisotopic (exact) mass is 432 g/mol. The zero-order valence-corrected chi connectivity index (χ0v) is 18.7. The van der Waals surface area contributed by atoms with E-state index in [1.54, 1.807) is 13.0 Å². The van der Waals surface area contributed by atoms with Gasteiger partial charge in [0.1, 0.15) is 11.6 Å². The second-order valence-corrected chi connectivity index (χ2v) is 9.24. The second-order valence-electron chi connectivity index (χ2n) is 7.49. The summed E-state index contributed by atoms with van der Waals surface area (Å²) in [5.41, 5.74) is 3.20. The number of hydrogen-bond donors (Lipinski definition) is 1. The van der Waals surface area contributed by atoms with Crippen molar-refractivity contribution in [3.8, 4) is 0 Å². The maximum atomic E-state index is 14.2. The van der Waals surface area contributed by atoms with E-state index in [2.05, 4.69) is 22.7 Å². The number of hydrogen-bond acceptors (Lipinski definition) is 4. The number of aromatic nitrogens is 1. The molecule has 0 saturated heterocycles. The summed E-state index contributed by atoms with van der Waals surface area (Å²) in [6.45, 7) is 5.78. The smallest absolute Gasteiger partial charge is 0.229 e. The Bertz CT molecular complexity index is 1030. The van der Waals surface area contributed by atoms with E-state index in [0.29, 0.717) is 18.4 Å². The van der Waals surface area contributed by atoms with Gasteiger partial charge in [-0.1, -0.05) is 38.5 Å². The number of ketones is 1. The quantitative estimate of drug-likeness (QED) is 0.572. The lowest BCUT2D eigenvalue weighted by atomic mass is 9.92. The van der Waals surface area contributed by atoms with Gasteiger partial charge in [-0.05, 0) is 55.2 Å². The van der Waals surface area contributed by atoms with Crippen LogP contribution in [0.4, 0.5) is 10.1 Å². The lowest BCUT2D eigenvalue weighted by molar-refractivity contribution is -0.120. The number of unbranched alkanes of at least 4 members (excludes halogenated alkanes) is 1. The Kier molecular flexibility index (Phi) is 8.29. The van der Waals surface area contributed by atoms with Gasteiger partial charge < -0.3 is 0 Å². The standard InChI is InChI=1S/C23H29FN2O3S/c1-5-6-7-8-21-18(10-9-16(2)25-21)12-14-23(27)17(3)19-11-13-22(20(24)15-19)26-30(4,28)29/h7-11,13,15,17,26H,5-6,12,14H2,1-4H3/b8-7+. The van der Waals surface area contributed by atoms with Crippen LogP contribution in [-0.2, 0) is 21.2 Å². The highest BCUT2D eigenvalue weighted by atomic mass is 32.2. The first-order chi connectivity index (χ1) is 14.1. The molecule has 0 amide bonds. The minimum atomic E-state index is -3.57. The molecule has 1 aromatic carbocycles. The van der Waals surface area contributed by atoms with Crippen molar-refractivity contribution in [1.29, 1.82) is 0 Å². The predicted octanol–water partition coefficient (Wildman–Crippen LogP) is 5.02. The lowest BCUT2D eigenvalue weighted by Gasteiger charge is -2.13. The summed E-state index contributed by atoms with van der Waals surface area (Å²) in [6.07, 6.45) is 7.94. The van der Waals surface area contributed by atoms with Crippen molar-refractivity contribution in [2.24, 2.45) is 0 Å². The number of rotatable bonds is 10. The number of halogens is 1. The van der Waals surface area contributed by atoms with E-state index in [4.69, 9.17) is 0 Å². The molecule has 0 aliphatic rings. The van der Waals surface area contributed by atoms with Crippen molar-refractivity contribution in [3.05, 3.63) is 64.7 Å². The number of carbonyl (C=O) groups is 1. The minimum Gasteiger partial charge on any atom is -0.299 e. The molecule has 1 heterocycles. The van der Waals surface area contributed by atoms with Crippen molar-refractivity contribution in [2.75, 3.05) is 11.0 Å². The van der Waals surface area contributed by atoms with E-state index in [0.717, 1.165) is 36.0 Å². The molecule has 1 unspecified atom stereocenters. The number of pyridine rings is 1. The van der Waals surface area contributed by atoms with Crippen LogP contribution < -0.4 is 4.72 Å². The molecule has 0 fully saturated rings. The van der Waals surface area contributed by atoms with Crippen molar-refractivity contribution in [3.63, 3.8) is 0 Å². The topological polar surface area (TPSA) is 76.1 Å². The van der Waals surface area contributed by atoms with E-state index in [1.807, 2.05) is 25.1 Å². The molecule has 0 spiro atoms. The third kappa shape index (κ3) is 7.06. The molecule has 1 N–H and O–H groups in total. The van der Waals surface area contributed by atoms with Gasteiger partial charge in [0.25, 0.3) is 0 Å². The van der Waals surface area contributed by atoms with Gasteiger partial charge in [0, 0.05) is 18.0 Å². The molecule has 2 aromatic rings. The number of benzene rings is 1. The number of anilines is 1. The first kappa shape index (κ1) is 23.7. The van der Waals surface area contributed by atoms with E-state index in [1.165, 1.54) is 12.1 Å². The highest BCUT2D eigenvalue weighted by Crippen LogP contribution is 2.24. The molecular formula is C23H29FN2O3S. The van der Waals surface area contributed by atoms with Crippen LogP contribution >= 0.6 is 0 Å². The highest BCUT2D eigenvalue weighted by molar-refractivity contribution is 7.92. The molecule has 30 heavy (non-hydrogen) atoms. The van der Waals surface area contributed by atoms with Gasteiger partial charge in [-0.3, -0.25) is 14.5 Å². The number of nitrogens with one attached hydrogen (secondary N) is 1. The Hall–Kier alpha value is -2.54. The molecule has 2 rings (SSSR count). The molecule has 1 aromatic heterocycles. The van der Waals surface area contributed by atoms with Gasteiger partial charge in [-0.15, -0.1) is 0 Å². The van der Waals surface area contributed by atoms with E-state index >= 15 is 0 Å². The predicted molar refractivity (Wildman–Crippen MR) is 120 cm³/mol. The number of nitrogens with zero attached hydrogens (tertiary/aromatic N) is 1. The van der Waals surface area contributed by atoms with E-state index < -0.39 is 21.8 Å². The largest absolute Gasteiger partial charge is 0.299 e. The van der Waals surface area contributed by atoms with Crippen LogP contribution in [0.1, 0.15) is 61.5 Å². The Balaban J connectivity index is 2.09. The first-order valence-electron chi connectivity index (χ1n) is 10.0. The van der Waals surface area contributed by atoms with Crippen molar-refractivity contribution in [2.45, 2.75) is 52.4 Å². The normalized spacial score (nSPS) is 12.8. The summed E-state index contributed by atoms with van der Waals surface area (Å²) >= 11 is 0. The maximum Gasteiger partial charge on any atom is 0.229 e. The Morgan fingerprint density at radius 2 is 2.00 bits per heavy atom. The van der Waals surface area contributed by atoms with Gasteiger partial charge in [0.15, 0.2) is 0 Å². The van der Waals surface area contributed by atoms with Crippen LogP contribution in [0.25, 0.3) is 6.08 Å². The zero-order chi connectivity index (χ0) is 22.3. The summed E-state index contributed by atoms with van der Waals surface area (Å²) < 4.78 is 38.9. The van der Waals surface area contributed by atoms with Crippen LogP contribution in [0.5, 0.6) is 0 Å². The third-order valence-corrected chi connectivity index (χ3v) is 5.39. The maximum absolute atomic E-state index is 14.2. The molecule has 7 heteroatoms. The second kappa shape index (κ2) is 10.5. The number of sulfonamides is 1. The fourth-order valence-corrected chi connectivity index (χ4v) is 3.63. The summed E-state index contributed by atoms with van der Waals surface area (Å²) in [6, 6.07) is 8.06. The SMILES string of the molecule is CCC/C=C/c1nc(C)ccc1CCC(=O)C(C)c1ccc(NS(C)(=O)=O)c(F)c1. The fourth-order valence-electron chi connectivity index (χ4n) is 3.07. The minimum absolute atomic E-state index is 0.0118. The van der Waals surface area contributed by atoms with Crippen molar-refractivity contribution >= 4 is 27.6 Å². The summed E-state index contributed by atoms with van der Waals surface area (Å²) in [4.78, 5) is 17.3. The summed E-state index contributed by atoms with van der Waals surface area (Å²) in [5.74, 6) is -1.21. The van der Waals surface area contributed by atoms with Crippen molar-refractivity contribution < 1.29 is 17.6 Å². The average molecular weight is 433 g/mol. The Morgan fingerprint density at radius 1 is 1.27 bits per heavy atom.